The zero-order valence-electron chi connectivity index (χ0n) is 17.9. The summed E-state index contributed by atoms with van der Waals surface area (Å²) in [4.78, 5) is 24.3. The van der Waals surface area contributed by atoms with E-state index in [-0.39, 0.29) is 0 Å². The van der Waals surface area contributed by atoms with Crippen LogP contribution in [0, 0.1) is 6.92 Å². The van der Waals surface area contributed by atoms with Gasteiger partial charge in [0.1, 0.15) is 5.69 Å². The largest absolute Gasteiger partial charge is 0.465 e. The van der Waals surface area contributed by atoms with E-state index in [1.807, 2.05) is 24.3 Å². The van der Waals surface area contributed by atoms with Gasteiger partial charge in [0.15, 0.2) is 5.82 Å². The van der Waals surface area contributed by atoms with Crippen LogP contribution in [0.4, 0.5) is 11.5 Å². The molecule has 0 unspecified atom stereocenters. The van der Waals surface area contributed by atoms with Crippen molar-refractivity contribution in [2.24, 2.45) is 0 Å². The van der Waals surface area contributed by atoms with Gasteiger partial charge in [0.25, 0.3) is 0 Å². The first kappa shape index (κ1) is 20.5. The third kappa shape index (κ3) is 3.69. The van der Waals surface area contributed by atoms with E-state index in [1.165, 1.54) is 18.2 Å². The summed E-state index contributed by atoms with van der Waals surface area (Å²) in [5, 5.41) is 0.733. The topological polar surface area (TPSA) is 55.3 Å². The molecule has 0 aliphatic carbocycles. The minimum absolute atomic E-state index is 0.393. The maximum atomic E-state index is 12.1. The molecule has 5 rings (SSSR count). The molecular weight excluding hydrogens is 422 g/mol. The standard InChI is InChI=1S/C26H22ClN3O2/c1-16-5-7-17(8-6-16)24-25(30-13-3-4-18-14-20(27)10-12-23(18)30)29-22-15-19(26(31)32-2)9-11-21(22)28-24/h5-12,14-15H,3-4,13H2,1-2H3. The number of hydrogen-bond acceptors (Lipinski definition) is 5. The van der Waals surface area contributed by atoms with Gasteiger partial charge in [-0.15, -0.1) is 0 Å². The summed E-state index contributed by atoms with van der Waals surface area (Å²) in [5.74, 6) is 0.377. The van der Waals surface area contributed by atoms with Crippen LogP contribution in [-0.4, -0.2) is 29.6 Å². The number of ether oxygens (including phenoxy) is 1. The van der Waals surface area contributed by atoms with Crippen LogP contribution >= 0.6 is 11.6 Å². The first-order valence-corrected chi connectivity index (χ1v) is 10.9. The molecule has 1 aliphatic heterocycles. The Balaban J connectivity index is 1.74. The van der Waals surface area contributed by atoms with Gasteiger partial charge >= 0.3 is 5.97 Å². The van der Waals surface area contributed by atoms with Crippen molar-refractivity contribution in [2.75, 3.05) is 18.6 Å². The summed E-state index contributed by atoms with van der Waals surface area (Å²) < 4.78 is 4.88. The van der Waals surface area contributed by atoms with Crippen molar-refractivity contribution in [1.82, 2.24) is 9.97 Å². The van der Waals surface area contributed by atoms with E-state index < -0.39 is 5.97 Å². The molecule has 3 aromatic carbocycles. The molecule has 0 atom stereocenters. The highest BCUT2D eigenvalue weighted by molar-refractivity contribution is 6.30. The molecule has 0 radical (unpaired) electrons. The first-order valence-electron chi connectivity index (χ1n) is 10.6. The second kappa shape index (κ2) is 8.24. The van der Waals surface area contributed by atoms with Gasteiger partial charge in [-0.1, -0.05) is 41.4 Å². The van der Waals surface area contributed by atoms with Gasteiger partial charge < -0.3 is 9.64 Å². The average molecular weight is 444 g/mol. The Morgan fingerprint density at radius 2 is 1.81 bits per heavy atom. The lowest BCUT2D eigenvalue weighted by Gasteiger charge is -2.31. The summed E-state index contributed by atoms with van der Waals surface area (Å²) in [7, 11) is 1.37. The highest BCUT2D eigenvalue weighted by atomic mass is 35.5. The van der Waals surface area contributed by atoms with Gasteiger partial charge in [0.05, 0.1) is 23.7 Å². The fraction of sp³-hybridized carbons (Fsp3) is 0.192. The van der Waals surface area contributed by atoms with E-state index in [2.05, 4.69) is 36.1 Å². The molecule has 0 saturated carbocycles. The zero-order valence-corrected chi connectivity index (χ0v) is 18.7. The highest BCUT2D eigenvalue weighted by Gasteiger charge is 2.24. The van der Waals surface area contributed by atoms with E-state index in [9.17, 15) is 4.79 Å². The number of rotatable bonds is 3. The van der Waals surface area contributed by atoms with Gasteiger partial charge in [-0.3, -0.25) is 0 Å². The molecule has 0 spiro atoms. The van der Waals surface area contributed by atoms with Gasteiger partial charge in [0.2, 0.25) is 0 Å². The maximum absolute atomic E-state index is 12.1. The Hall–Kier alpha value is -3.44. The number of nitrogens with zero attached hydrogens (tertiary/aromatic N) is 3. The molecule has 0 bridgehead atoms. The van der Waals surface area contributed by atoms with Gasteiger partial charge in [-0.05, 0) is 61.7 Å². The lowest BCUT2D eigenvalue weighted by atomic mass is 10.0. The second-order valence-electron chi connectivity index (χ2n) is 7.99. The Bertz CT molecular complexity index is 1340. The number of aromatic nitrogens is 2. The molecule has 0 saturated heterocycles. The number of hydrogen-bond donors (Lipinski definition) is 0. The minimum atomic E-state index is -0.393. The Morgan fingerprint density at radius 1 is 1.00 bits per heavy atom. The van der Waals surface area contributed by atoms with Crippen LogP contribution in [0.1, 0.15) is 27.9 Å². The monoisotopic (exact) mass is 443 g/mol. The SMILES string of the molecule is COC(=O)c1ccc2nc(-c3ccc(C)cc3)c(N3CCCc4cc(Cl)ccc43)nc2c1. The molecule has 5 nitrogen and oxygen atoms in total. The number of fused-ring (bicyclic) bond motifs is 2. The number of benzene rings is 3. The van der Waals surface area contributed by atoms with Crippen LogP contribution in [-0.2, 0) is 11.2 Å². The summed E-state index contributed by atoms with van der Waals surface area (Å²) in [5.41, 5.74) is 7.11. The molecule has 0 fully saturated rings. The van der Waals surface area contributed by atoms with Crippen molar-refractivity contribution in [2.45, 2.75) is 19.8 Å². The number of carbonyl (C=O) groups excluding carboxylic acids is 1. The predicted molar refractivity (Wildman–Crippen MR) is 128 cm³/mol. The molecule has 0 N–H and O–H groups in total. The van der Waals surface area contributed by atoms with Crippen molar-refractivity contribution in [3.8, 4) is 11.3 Å². The van der Waals surface area contributed by atoms with Crippen LogP contribution in [0.3, 0.4) is 0 Å². The normalized spacial score (nSPS) is 13.2. The number of anilines is 2. The molecular formula is C26H22ClN3O2. The van der Waals surface area contributed by atoms with E-state index in [0.29, 0.717) is 11.1 Å². The molecule has 0 amide bonds. The van der Waals surface area contributed by atoms with E-state index >= 15 is 0 Å². The first-order chi connectivity index (χ1) is 15.5. The van der Waals surface area contributed by atoms with Crippen LogP contribution in [0.15, 0.2) is 60.7 Å². The number of carbonyl (C=O) groups is 1. The molecule has 160 valence electrons. The summed E-state index contributed by atoms with van der Waals surface area (Å²) in [6.45, 7) is 2.89. The third-order valence-corrected chi connectivity index (χ3v) is 6.04. The van der Waals surface area contributed by atoms with Crippen LogP contribution in [0.25, 0.3) is 22.3 Å². The fourth-order valence-electron chi connectivity index (χ4n) is 4.17. The number of methoxy groups -OCH3 is 1. The summed E-state index contributed by atoms with van der Waals surface area (Å²) in [6, 6.07) is 19.6. The molecule has 1 aliphatic rings. The van der Waals surface area contributed by atoms with Crippen LogP contribution in [0.5, 0.6) is 0 Å². The molecule has 32 heavy (non-hydrogen) atoms. The lowest BCUT2D eigenvalue weighted by molar-refractivity contribution is 0.0601. The van der Waals surface area contributed by atoms with E-state index in [1.54, 1.807) is 12.1 Å². The minimum Gasteiger partial charge on any atom is -0.465 e. The number of aryl methyl sites for hydroxylation is 2. The molecule has 4 aromatic rings. The highest BCUT2D eigenvalue weighted by Crippen LogP contribution is 2.39. The summed E-state index contributed by atoms with van der Waals surface area (Å²) in [6.07, 6.45) is 1.96. The summed E-state index contributed by atoms with van der Waals surface area (Å²) >= 11 is 6.26. The van der Waals surface area contributed by atoms with Gasteiger partial charge in [0, 0.05) is 22.8 Å². The third-order valence-electron chi connectivity index (χ3n) is 5.81. The van der Waals surface area contributed by atoms with E-state index in [0.717, 1.165) is 52.7 Å². The van der Waals surface area contributed by atoms with Gasteiger partial charge in [-0.25, -0.2) is 14.8 Å². The van der Waals surface area contributed by atoms with Gasteiger partial charge in [-0.2, -0.15) is 0 Å². The van der Waals surface area contributed by atoms with Crippen LogP contribution in [0.2, 0.25) is 5.02 Å². The maximum Gasteiger partial charge on any atom is 0.337 e. The molecule has 2 heterocycles. The second-order valence-corrected chi connectivity index (χ2v) is 8.42. The van der Waals surface area contributed by atoms with Crippen molar-refractivity contribution in [3.05, 3.63) is 82.4 Å². The van der Waals surface area contributed by atoms with Crippen molar-refractivity contribution >= 4 is 40.1 Å². The van der Waals surface area contributed by atoms with Crippen molar-refractivity contribution < 1.29 is 9.53 Å². The average Bonchev–Trinajstić information content (AvgIpc) is 2.82. The fourth-order valence-corrected chi connectivity index (χ4v) is 4.36. The Morgan fingerprint density at radius 3 is 2.59 bits per heavy atom. The number of esters is 1. The zero-order chi connectivity index (χ0) is 22.2. The van der Waals surface area contributed by atoms with Crippen molar-refractivity contribution in [1.29, 1.82) is 0 Å². The quantitative estimate of drug-likeness (QED) is 0.356. The smallest absolute Gasteiger partial charge is 0.337 e. The van der Waals surface area contributed by atoms with Crippen molar-refractivity contribution in [3.63, 3.8) is 0 Å². The predicted octanol–water partition coefficient (Wildman–Crippen LogP) is 6.13. The Kier molecular flexibility index (Phi) is 5.27. The molecule has 6 heteroatoms. The Labute approximate surface area is 191 Å². The van der Waals surface area contributed by atoms with Crippen LogP contribution < -0.4 is 4.90 Å². The van der Waals surface area contributed by atoms with E-state index in [4.69, 9.17) is 26.3 Å². The number of halogens is 1. The molecule has 1 aromatic heterocycles. The lowest BCUT2D eigenvalue weighted by Crippen LogP contribution is -2.26.